The molecular weight excluding hydrogens is 226 g/mol. The molecule has 0 radical (unpaired) electrons. The molecule has 0 bridgehead atoms. The zero-order chi connectivity index (χ0) is 11.5. The van der Waals surface area contributed by atoms with Gasteiger partial charge < -0.3 is 10.0 Å². The van der Waals surface area contributed by atoms with E-state index in [4.69, 9.17) is 5.11 Å². The van der Waals surface area contributed by atoms with Crippen molar-refractivity contribution in [2.75, 3.05) is 24.6 Å². The molecule has 1 N–H and O–H groups in total. The van der Waals surface area contributed by atoms with Gasteiger partial charge in [-0.2, -0.15) is 11.8 Å². The molecule has 1 aliphatic carbocycles. The maximum Gasteiger partial charge on any atom is 0.306 e. The van der Waals surface area contributed by atoms with Gasteiger partial charge in [-0.1, -0.05) is 0 Å². The Morgan fingerprint density at radius 3 is 2.31 bits per heavy atom. The normalized spacial score (nSPS) is 30.4. The minimum atomic E-state index is -0.746. The molecule has 5 heteroatoms. The topological polar surface area (TPSA) is 57.6 Å². The van der Waals surface area contributed by atoms with Crippen LogP contribution in [0, 0.1) is 11.8 Å². The summed E-state index contributed by atoms with van der Waals surface area (Å²) < 4.78 is 0. The van der Waals surface area contributed by atoms with Crippen molar-refractivity contribution in [2.45, 2.75) is 19.3 Å². The summed E-state index contributed by atoms with van der Waals surface area (Å²) in [5, 5.41) is 8.89. The predicted molar refractivity (Wildman–Crippen MR) is 62.4 cm³/mol. The van der Waals surface area contributed by atoms with Crippen LogP contribution in [0.3, 0.4) is 0 Å². The summed E-state index contributed by atoms with van der Waals surface area (Å²) in [5.41, 5.74) is 0. The number of aliphatic carboxylic acids is 1. The summed E-state index contributed by atoms with van der Waals surface area (Å²) >= 11 is 1.88. The first-order valence-corrected chi connectivity index (χ1v) is 6.93. The van der Waals surface area contributed by atoms with Crippen molar-refractivity contribution in [1.29, 1.82) is 0 Å². The van der Waals surface area contributed by atoms with Crippen molar-refractivity contribution < 1.29 is 14.7 Å². The number of hydrogen-bond acceptors (Lipinski definition) is 3. The van der Waals surface area contributed by atoms with Crippen molar-refractivity contribution in [2.24, 2.45) is 11.8 Å². The number of carbonyl (C=O) groups excluding carboxylic acids is 1. The van der Waals surface area contributed by atoms with Gasteiger partial charge in [-0.15, -0.1) is 0 Å². The van der Waals surface area contributed by atoms with E-state index in [1.165, 1.54) is 0 Å². The zero-order valence-electron chi connectivity index (χ0n) is 9.22. The number of carbonyl (C=O) groups is 2. The highest BCUT2D eigenvalue weighted by atomic mass is 32.2. The van der Waals surface area contributed by atoms with E-state index >= 15 is 0 Å². The third kappa shape index (κ3) is 2.51. The van der Waals surface area contributed by atoms with Gasteiger partial charge in [-0.3, -0.25) is 9.59 Å². The first-order valence-electron chi connectivity index (χ1n) is 5.78. The molecule has 1 amide bonds. The van der Waals surface area contributed by atoms with E-state index in [-0.39, 0.29) is 17.7 Å². The minimum absolute atomic E-state index is 0.0378. The molecule has 2 fully saturated rings. The molecule has 2 atom stereocenters. The lowest BCUT2D eigenvalue weighted by Gasteiger charge is -2.28. The number of rotatable bonds is 2. The van der Waals surface area contributed by atoms with Gasteiger partial charge in [-0.05, 0) is 19.3 Å². The number of nitrogens with zero attached hydrogens (tertiary/aromatic N) is 1. The van der Waals surface area contributed by atoms with Crippen molar-refractivity contribution in [3.63, 3.8) is 0 Å². The predicted octanol–water partition coefficient (Wildman–Crippen LogP) is 1.06. The fraction of sp³-hybridized carbons (Fsp3) is 0.818. The van der Waals surface area contributed by atoms with E-state index in [2.05, 4.69) is 0 Å². The maximum absolute atomic E-state index is 12.1. The molecule has 16 heavy (non-hydrogen) atoms. The van der Waals surface area contributed by atoms with Gasteiger partial charge in [-0.25, -0.2) is 0 Å². The minimum Gasteiger partial charge on any atom is -0.481 e. The van der Waals surface area contributed by atoms with Crippen molar-refractivity contribution >= 4 is 23.6 Å². The van der Waals surface area contributed by atoms with Crippen LogP contribution in [0.4, 0.5) is 0 Å². The highest BCUT2D eigenvalue weighted by molar-refractivity contribution is 7.99. The molecule has 0 spiro atoms. The van der Waals surface area contributed by atoms with E-state index in [9.17, 15) is 9.59 Å². The van der Waals surface area contributed by atoms with Crippen LogP contribution >= 0.6 is 11.8 Å². The smallest absolute Gasteiger partial charge is 0.306 e. The van der Waals surface area contributed by atoms with Crippen LogP contribution in [0.5, 0.6) is 0 Å². The number of amides is 1. The van der Waals surface area contributed by atoms with Gasteiger partial charge in [0, 0.05) is 30.5 Å². The summed E-state index contributed by atoms with van der Waals surface area (Å²) in [5.74, 6) is 1.13. The fourth-order valence-corrected chi connectivity index (χ4v) is 3.38. The Kier molecular flexibility index (Phi) is 3.74. The lowest BCUT2D eigenvalue weighted by molar-refractivity contribution is -0.141. The average molecular weight is 243 g/mol. The van der Waals surface area contributed by atoms with E-state index in [1.807, 2.05) is 16.7 Å². The Morgan fingerprint density at radius 1 is 1.12 bits per heavy atom. The van der Waals surface area contributed by atoms with Crippen molar-refractivity contribution in [1.82, 2.24) is 4.90 Å². The molecule has 2 unspecified atom stereocenters. The number of carboxylic acid groups (broad SMARTS) is 1. The zero-order valence-corrected chi connectivity index (χ0v) is 10.0. The van der Waals surface area contributed by atoms with Crippen LogP contribution in [-0.2, 0) is 9.59 Å². The van der Waals surface area contributed by atoms with Crippen molar-refractivity contribution in [3.05, 3.63) is 0 Å². The summed E-state index contributed by atoms with van der Waals surface area (Å²) in [7, 11) is 0. The lowest BCUT2D eigenvalue weighted by Crippen LogP contribution is -2.41. The van der Waals surface area contributed by atoms with Crippen LogP contribution in [0.15, 0.2) is 0 Å². The van der Waals surface area contributed by atoms with E-state index in [1.54, 1.807) is 0 Å². The fourth-order valence-electron chi connectivity index (χ4n) is 2.47. The molecular formula is C11H17NO3S. The van der Waals surface area contributed by atoms with E-state index < -0.39 is 5.97 Å². The Morgan fingerprint density at radius 2 is 1.75 bits per heavy atom. The third-order valence-electron chi connectivity index (χ3n) is 3.45. The van der Waals surface area contributed by atoms with Gasteiger partial charge in [0.15, 0.2) is 0 Å². The van der Waals surface area contributed by atoms with Crippen LogP contribution in [0.25, 0.3) is 0 Å². The molecule has 1 aliphatic heterocycles. The molecule has 0 aromatic carbocycles. The van der Waals surface area contributed by atoms with Gasteiger partial charge in [0.1, 0.15) is 0 Å². The largest absolute Gasteiger partial charge is 0.481 e. The second kappa shape index (κ2) is 5.08. The van der Waals surface area contributed by atoms with Crippen molar-refractivity contribution in [3.8, 4) is 0 Å². The lowest BCUT2D eigenvalue weighted by atomic mass is 10.0. The molecule has 2 aliphatic rings. The van der Waals surface area contributed by atoms with Crippen LogP contribution < -0.4 is 0 Å². The Hall–Kier alpha value is -0.710. The number of hydrogen-bond donors (Lipinski definition) is 1. The second-order valence-corrected chi connectivity index (χ2v) is 5.71. The van der Waals surface area contributed by atoms with Gasteiger partial charge in [0.05, 0.1) is 5.92 Å². The van der Waals surface area contributed by atoms with Gasteiger partial charge in [0.25, 0.3) is 0 Å². The molecule has 90 valence electrons. The van der Waals surface area contributed by atoms with Gasteiger partial charge in [0.2, 0.25) is 5.91 Å². The molecule has 0 aromatic rings. The maximum atomic E-state index is 12.1. The number of thioether (sulfide) groups is 1. The molecule has 4 nitrogen and oxygen atoms in total. The van der Waals surface area contributed by atoms with Crippen LogP contribution in [0.2, 0.25) is 0 Å². The standard InChI is InChI=1S/C11H17NO3S/c13-10(12-3-5-16-6-4-12)8-1-2-9(7-8)11(14)15/h8-9H,1-7H2,(H,14,15). The second-order valence-electron chi connectivity index (χ2n) is 4.48. The highest BCUT2D eigenvalue weighted by Crippen LogP contribution is 2.32. The summed E-state index contributed by atoms with van der Waals surface area (Å²) in [6.07, 6.45) is 1.95. The Balaban J connectivity index is 1.88. The average Bonchev–Trinajstić information content (AvgIpc) is 2.78. The van der Waals surface area contributed by atoms with Gasteiger partial charge >= 0.3 is 5.97 Å². The highest BCUT2D eigenvalue weighted by Gasteiger charge is 2.36. The molecule has 1 saturated carbocycles. The molecule has 1 saturated heterocycles. The first kappa shape index (κ1) is 11.8. The SMILES string of the molecule is O=C(O)C1CCC(C(=O)N2CCSCC2)C1. The molecule has 0 aromatic heterocycles. The monoisotopic (exact) mass is 243 g/mol. The quantitative estimate of drug-likeness (QED) is 0.788. The first-order chi connectivity index (χ1) is 7.68. The third-order valence-corrected chi connectivity index (χ3v) is 4.40. The summed E-state index contributed by atoms with van der Waals surface area (Å²) in [4.78, 5) is 24.8. The van der Waals surface area contributed by atoms with Crippen LogP contribution in [0.1, 0.15) is 19.3 Å². The number of carboxylic acids is 1. The van der Waals surface area contributed by atoms with E-state index in [0.717, 1.165) is 31.0 Å². The summed E-state index contributed by atoms with van der Waals surface area (Å²) in [6, 6.07) is 0. The van der Waals surface area contributed by atoms with Crippen LogP contribution in [-0.4, -0.2) is 46.5 Å². The summed E-state index contributed by atoms with van der Waals surface area (Å²) in [6.45, 7) is 1.66. The van der Waals surface area contributed by atoms with E-state index in [0.29, 0.717) is 12.8 Å². The molecule has 1 heterocycles. The molecule has 2 rings (SSSR count). The Bertz CT molecular complexity index is 289. The Labute approximate surface area is 99.4 Å².